The van der Waals surface area contributed by atoms with Gasteiger partial charge < -0.3 is 9.94 Å². The summed E-state index contributed by atoms with van der Waals surface area (Å²) in [5.74, 6) is -0.0601. The third-order valence-corrected chi connectivity index (χ3v) is 0.649. The van der Waals surface area contributed by atoms with Gasteiger partial charge in [0.1, 0.15) is 6.61 Å². The van der Waals surface area contributed by atoms with Crippen LogP contribution in [0.2, 0.25) is 0 Å². The van der Waals surface area contributed by atoms with E-state index in [0.717, 1.165) is 6.21 Å². The minimum Gasteiger partial charge on any atom is -0.473 e. The third-order valence-electron chi connectivity index (χ3n) is 0.649. The molecule has 0 aliphatic carbocycles. The van der Waals surface area contributed by atoms with Gasteiger partial charge in [0.15, 0.2) is 0 Å². The first-order chi connectivity index (χ1) is 4.64. The molecule has 1 rings (SSSR count). The zero-order chi connectivity index (χ0) is 7.61. The van der Waals surface area contributed by atoms with Crippen molar-refractivity contribution in [3.05, 3.63) is 0 Å². The lowest BCUT2D eigenvalue weighted by molar-refractivity contribution is 0.262. The largest absolute Gasteiger partial charge is 0.473 e. The number of aliphatic imine (C=N–C) groups is 1. The monoisotopic (exact) mass is 116 g/mol. The summed E-state index contributed by atoms with van der Waals surface area (Å²) >= 11 is 0. The number of hydrogen-bond donors (Lipinski definition) is 1. The van der Waals surface area contributed by atoms with Gasteiger partial charge in [-0.15, -0.1) is 0 Å². The quantitative estimate of drug-likeness (QED) is 0.354. The van der Waals surface area contributed by atoms with Crippen molar-refractivity contribution in [1.29, 1.82) is 0 Å². The van der Waals surface area contributed by atoms with Crippen LogP contribution in [0.4, 0.5) is 0 Å². The molecule has 0 saturated heterocycles. The summed E-state index contributed by atoms with van der Waals surface area (Å²) in [5.41, 5.74) is 0. The van der Waals surface area contributed by atoms with Gasteiger partial charge in [0, 0.05) is 0 Å². The molecular weight excluding hydrogens is 108 g/mol. The average Bonchev–Trinajstić information content (AvgIpc) is 1.88. The molecule has 0 atom stereocenters. The Bertz CT molecular complexity index is 190. The van der Waals surface area contributed by atoms with E-state index >= 15 is 0 Å². The number of hydrogen-bond acceptors (Lipinski definition) is 4. The van der Waals surface area contributed by atoms with Crippen LogP contribution in [0, 0.1) is 0 Å². The van der Waals surface area contributed by atoms with Crippen molar-refractivity contribution < 1.29 is 12.7 Å². The third kappa shape index (κ3) is 0.959. The van der Waals surface area contributed by atoms with Gasteiger partial charge in [0.25, 0.3) is 5.90 Å². The van der Waals surface area contributed by atoms with Crippen molar-refractivity contribution in [2.75, 3.05) is 13.1 Å². The lowest BCUT2D eigenvalue weighted by atomic mass is 10.6. The summed E-state index contributed by atoms with van der Waals surface area (Å²) in [5, 5.41) is 10.8. The van der Waals surface area contributed by atoms with Crippen LogP contribution in [0.25, 0.3) is 0 Å². The maximum absolute atomic E-state index is 8.11. The highest BCUT2D eigenvalue weighted by atomic mass is 16.5. The van der Waals surface area contributed by atoms with Gasteiger partial charge in [-0.3, -0.25) is 4.99 Å². The Morgan fingerprint density at radius 3 is 3.50 bits per heavy atom. The predicted molar refractivity (Wildman–Crippen MR) is 28.5 cm³/mol. The van der Waals surface area contributed by atoms with Gasteiger partial charge in [-0.1, -0.05) is 0 Å². The molecule has 0 radical (unpaired) electrons. The molecule has 0 unspecified atom stereocenters. The Hall–Kier alpha value is -1.06. The molecule has 0 saturated carbocycles. The predicted octanol–water partition coefficient (Wildman–Crippen LogP) is -0.125. The molecule has 1 heterocycles. The van der Waals surface area contributed by atoms with E-state index < -0.39 is 6.50 Å². The normalized spacial score (nSPS) is 33.2. The maximum Gasteiger partial charge on any atom is 0.268 e. The van der Waals surface area contributed by atoms with Gasteiger partial charge in [-0.2, -0.15) is 0 Å². The van der Waals surface area contributed by atoms with E-state index in [9.17, 15) is 0 Å². The van der Waals surface area contributed by atoms with E-state index in [4.69, 9.17) is 7.95 Å². The summed E-state index contributed by atoms with van der Waals surface area (Å²) in [6, 6.07) is 0. The average molecular weight is 116 g/mol. The fourth-order valence-corrected chi connectivity index (χ4v) is 0.336. The molecule has 4 heteroatoms. The molecule has 8 heavy (non-hydrogen) atoms. The van der Waals surface area contributed by atoms with Crippen LogP contribution in [-0.4, -0.2) is 30.4 Å². The first-order valence-electron chi connectivity index (χ1n) is 3.04. The number of ether oxygens (including phenoxy) is 1. The van der Waals surface area contributed by atoms with Crippen molar-refractivity contribution in [3.63, 3.8) is 0 Å². The SMILES string of the molecule is [2H]C1([2H])CO/C(=N\O)C=N1. The molecule has 1 aliphatic rings. The Morgan fingerprint density at radius 2 is 3.00 bits per heavy atom. The van der Waals surface area contributed by atoms with Crippen LogP contribution in [0.1, 0.15) is 2.74 Å². The molecule has 0 amide bonds. The van der Waals surface area contributed by atoms with Gasteiger partial charge in [-0.05, 0) is 5.16 Å². The highest BCUT2D eigenvalue weighted by molar-refractivity contribution is 6.26. The second-order valence-corrected chi connectivity index (χ2v) is 1.14. The molecule has 0 aromatic heterocycles. The van der Waals surface area contributed by atoms with E-state index in [1.165, 1.54) is 0 Å². The van der Waals surface area contributed by atoms with E-state index in [2.05, 4.69) is 14.9 Å². The summed E-state index contributed by atoms with van der Waals surface area (Å²) in [6.45, 7) is -1.89. The highest BCUT2D eigenvalue weighted by Gasteiger charge is 1.99. The van der Waals surface area contributed by atoms with Gasteiger partial charge in [0.2, 0.25) is 0 Å². The molecule has 0 aromatic carbocycles. The Balaban J connectivity index is 2.70. The minimum atomic E-state index is -1.69. The van der Waals surface area contributed by atoms with Crippen LogP contribution in [0.3, 0.4) is 0 Å². The molecule has 0 fully saturated rings. The lowest BCUT2D eigenvalue weighted by Gasteiger charge is -2.04. The van der Waals surface area contributed by atoms with E-state index in [-0.39, 0.29) is 12.5 Å². The van der Waals surface area contributed by atoms with Crippen molar-refractivity contribution >= 4 is 12.1 Å². The summed E-state index contributed by atoms with van der Waals surface area (Å²) in [6.07, 6.45) is 1.05. The van der Waals surface area contributed by atoms with Crippen LogP contribution in [0.15, 0.2) is 10.1 Å². The molecular formula is C4H6N2O2. The molecule has 0 spiro atoms. The van der Waals surface area contributed by atoms with Crippen molar-refractivity contribution in [1.82, 2.24) is 0 Å². The smallest absolute Gasteiger partial charge is 0.268 e. The van der Waals surface area contributed by atoms with Crippen LogP contribution < -0.4 is 0 Å². The van der Waals surface area contributed by atoms with Gasteiger partial charge in [-0.25, -0.2) is 0 Å². The first-order valence-corrected chi connectivity index (χ1v) is 2.04. The van der Waals surface area contributed by atoms with E-state index in [1.54, 1.807) is 0 Å². The number of oxime groups is 1. The fraction of sp³-hybridized carbons (Fsp3) is 0.500. The van der Waals surface area contributed by atoms with Crippen LogP contribution >= 0.6 is 0 Å². The molecule has 44 valence electrons. The summed E-state index contributed by atoms with van der Waals surface area (Å²) in [7, 11) is 0. The summed E-state index contributed by atoms with van der Waals surface area (Å²) in [4.78, 5) is 3.41. The lowest BCUT2D eigenvalue weighted by Crippen LogP contribution is -2.14. The molecule has 1 aliphatic heterocycles. The zero-order valence-electron chi connectivity index (χ0n) is 6.03. The first kappa shape index (κ1) is 3.06. The van der Waals surface area contributed by atoms with Crippen molar-refractivity contribution in [3.8, 4) is 0 Å². The van der Waals surface area contributed by atoms with Gasteiger partial charge >= 0.3 is 0 Å². The molecule has 1 N–H and O–H groups in total. The van der Waals surface area contributed by atoms with E-state index in [0.29, 0.717) is 0 Å². The second kappa shape index (κ2) is 2.30. The van der Waals surface area contributed by atoms with Crippen LogP contribution in [0.5, 0.6) is 0 Å². The van der Waals surface area contributed by atoms with E-state index in [1.807, 2.05) is 0 Å². The minimum absolute atomic E-state index is 0.0601. The Kier molecular flexibility index (Phi) is 0.881. The molecule has 0 bridgehead atoms. The van der Waals surface area contributed by atoms with Gasteiger partial charge in [0.05, 0.1) is 15.5 Å². The maximum atomic E-state index is 8.11. The molecule has 4 nitrogen and oxygen atoms in total. The topological polar surface area (TPSA) is 54.2 Å². The number of rotatable bonds is 0. The van der Waals surface area contributed by atoms with Crippen LogP contribution in [-0.2, 0) is 4.74 Å². The zero-order valence-corrected chi connectivity index (χ0v) is 4.03. The van der Waals surface area contributed by atoms with Crippen molar-refractivity contribution in [2.45, 2.75) is 0 Å². The Labute approximate surface area is 49.3 Å². The second-order valence-electron chi connectivity index (χ2n) is 1.14. The standard InChI is InChI=1S/C4H6N2O2/c7-6-4-3-5-1-2-8-4/h3,7H,1-2H2/b6-4-/i1D2. The Morgan fingerprint density at radius 1 is 2.12 bits per heavy atom. The fourth-order valence-electron chi connectivity index (χ4n) is 0.336. The van der Waals surface area contributed by atoms with Crippen molar-refractivity contribution in [2.24, 2.45) is 10.1 Å². The highest BCUT2D eigenvalue weighted by Crippen LogP contribution is 1.85. The summed E-state index contributed by atoms with van der Waals surface area (Å²) < 4.78 is 18.6. The molecule has 0 aromatic rings. The number of nitrogens with zero attached hydrogens (tertiary/aromatic N) is 2.